The minimum absolute atomic E-state index is 0.293. The van der Waals surface area contributed by atoms with E-state index in [1.165, 1.54) is 32.4 Å². The van der Waals surface area contributed by atoms with Gasteiger partial charge in [-0.25, -0.2) is 4.39 Å². The van der Waals surface area contributed by atoms with Crippen molar-refractivity contribution in [2.75, 3.05) is 54.4 Å². The van der Waals surface area contributed by atoms with E-state index in [2.05, 4.69) is 35.8 Å². The lowest BCUT2D eigenvalue weighted by molar-refractivity contribution is 0.109. The molecule has 0 aromatic heterocycles. The molecule has 1 fully saturated rings. The Morgan fingerprint density at radius 3 is 2.75 bits per heavy atom. The molecule has 5 heteroatoms. The molecular weight excluding hydrogens is 305 g/mol. The molecule has 2 rings (SSSR count). The van der Waals surface area contributed by atoms with Gasteiger partial charge in [0.25, 0.3) is 0 Å². The summed E-state index contributed by atoms with van der Waals surface area (Å²) < 4.78 is 18.6. The van der Waals surface area contributed by atoms with E-state index >= 15 is 0 Å². The Morgan fingerprint density at radius 2 is 2.04 bits per heavy atom. The fourth-order valence-electron chi connectivity index (χ4n) is 3.41. The van der Waals surface area contributed by atoms with E-state index in [1.807, 2.05) is 12.1 Å². The average molecular weight is 337 g/mol. The van der Waals surface area contributed by atoms with Crippen molar-refractivity contribution in [1.82, 2.24) is 14.7 Å². The van der Waals surface area contributed by atoms with E-state index in [4.69, 9.17) is 4.74 Å². The second kappa shape index (κ2) is 9.35. The van der Waals surface area contributed by atoms with Crippen LogP contribution in [0.25, 0.3) is 0 Å². The lowest BCUT2D eigenvalue weighted by Crippen LogP contribution is -2.46. The van der Waals surface area contributed by atoms with Crippen molar-refractivity contribution in [3.63, 3.8) is 0 Å². The Hall–Kier alpha value is -1.17. The largest absolute Gasteiger partial charge is 0.494 e. The van der Waals surface area contributed by atoms with Crippen LogP contribution in [0.2, 0.25) is 0 Å². The van der Waals surface area contributed by atoms with Gasteiger partial charge in [-0.3, -0.25) is 4.90 Å². The highest BCUT2D eigenvalue weighted by Crippen LogP contribution is 2.22. The van der Waals surface area contributed by atoms with Gasteiger partial charge in [0.2, 0.25) is 0 Å². The standard InChI is InChI=1S/C19H32FN3O/c1-21(2)10-6-11-22(3)17-7-5-12-23(15-17)14-16-8-9-18(20)19(13-16)24-4/h8-9,13,17H,5-7,10-12,14-15H2,1-4H3. The zero-order chi connectivity index (χ0) is 17.5. The van der Waals surface area contributed by atoms with Crippen molar-refractivity contribution in [3.8, 4) is 5.75 Å². The van der Waals surface area contributed by atoms with Crippen LogP contribution in [0.15, 0.2) is 18.2 Å². The lowest BCUT2D eigenvalue weighted by Gasteiger charge is -2.38. The smallest absolute Gasteiger partial charge is 0.165 e. The van der Waals surface area contributed by atoms with Crippen LogP contribution in [-0.4, -0.2) is 75.2 Å². The maximum atomic E-state index is 13.5. The maximum Gasteiger partial charge on any atom is 0.165 e. The first-order valence-electron chi connectivity index (χ1n) is 8.89. The van der Waals surface area contributed by atoms with Crippen LogP contribution in [0.4, 0.5) is 4.39 Å². The number of benzene rings is 1. The minimum Gasteiger partial charge on any atom is -0.494 e. The fourth-order valence-corrected chi connectivity index (χ4v) is 3.41. The number of hydrogen-bond acceptors (Lipinski definition) is 4. The molecule has 136 valence electrons. The van der Waals surface area contributed by atoms with Gasteiger partial charge in [-0.15, -0.1) is 0 Å². The van der Waals surface area contributed by atoms with Crippen LogP contribution in [0.5, 0.6) is 5.75 Å². The molecule has 1 heterocycles. The number of methoxy groups -OCH3 is 1. The normalized spacial score (nSPS) is 19.2. The van der Waals surface area contributed by atoms with Gasteiger partial charge >= 0.3 is 0 Å². The van der Waals surface area contributed by atoms with Gasteiger partial charge in [0.15, 0.2) is 11.6 Å². The SMILES string of the molecule is COc1cc(CN2CCCC(N(C)CCCN(C)C)C2)ccc1F. The molecule has 1 saturated heterocycles. The first-order valence-corrected chi connectivity index (χ1v) is 8.89. The molecule has 0 N–H and O–H groups in total. The second-order valence-electron chi connectivity index (χ2n) is 7.14. The van der Waals surface area contributed by atoms with Crippen LogP contribution >= 0.6 is 0 Å². The highest BCUT2D eigenvalue weighted by Gasteiger charge is 2.23. The molecule has 1 unspecified atom stereocenters. The number of likely N-dealkylation sites (tertiary alicyclic amines) is 1. The van der Waals surface area contributed by atoms with E-state index in [-0.39, 0.29) is 5.82 Å². The summed E-state index contributed by atoms with van der Waals surface area (Å²) in [6, 6.07) is 5.80. The molecule has 1 aliphatic rings. The van der Waals surface area contributed by atoms with Crippen LogP contribution in [-0.2, 0) is 6.54 Å². The number of piperidine rings is 1. The van der Waals surface area contributed by atoms with Crippen LogP contribution in [0.3, 0.4) is 0 Å². The van der Waals surface area contributed by atoms with Crippen LogP contribution in [0, 0.1) is 5.82 Å². The number of ether oxygens (including phenoxy) is 1. The second-order valence-corrected chi connectivity index (χ2v) is 7.14. The molecule has 0 amide bonds. The highest BCUT2D eigenvalue weighted by molar-refractivity contribution is 5.30. The van der Waals surface area contributed by atoms with Crippen molar-refractivity contribution >= 4 is 0 Å². The Morgan fingerprint density at radius 1 is 1.25 bits per heavy atom. The number of hydrogen-bond donors (Lipinski definition) is 0. The first-order chi connectivity index (χ1) is 11.5. The molecule has 0 spiro atoms. The molecule has 0 aliphatic carbocycles. The maximum absolute atomic E-state index is 13.5. The summed E-state index contributed by atoms with van der Waals surface area (Å²) in [4.78, 5) is 7.22. The third-order valence-electron chi connectivity index (χ3n) is 4.84. The van der Waals surface area contributed by atoms with Crippen molar-refractivity contribution < 1.29 is 9.13 Å². The van der Waals surface area contributed by atoms with E-state index in [1.54, 1.807) is 0 Å². The molecule has 1 aromatic rings. The molecule has 24 heavy (non-hydrogen) atoms. The number of nitrogens with zero attached hydrogens (tertiary/aromatic N) is 3. The van der Waals surface area contributed by atoms with Crippen molar-refractivity contribution in [2.24, 2.45) is 0 Å². The first kappa shape index (κ1) is 19.2. The van der Waals surface area contributed by atoms with Gasteiger partial charge in [0.1, 0.15) is 0 Å². The van der Waals surface area contributed by atoms with Crippen LogP contribution < -0.4 is 4.74 Å². The zero-order valence-corrected chi connectivity index (χ0v) is 15.6. The van der Waals surface area contributed by atoms with Crippen molar-refractivity contribution in [2.45, 2.75) is 31.8 Å². The number of halogens is 1. The summed E-state index contributed by atoms with van der Waals surface area (Å²) in [6.07, 6.45) is 3.69. The Kier molecular flexibility index (Phi) is 7.46. The summed E-state index contributed by atoms with van der Waals surface area (Å²) in [6.45, 7) is 5.33. The summed E-state index contributed by atoms with van der Waals surface area (Å²) in [5.74, 6) is 0.0419. The summed E-state index contributed by atoms with van der Waals surface area (Å²) >= 11 is 0. The van der Waals surface area contributed by atoms with Crippen molar-refractivity contribution in [1.29, 1.82) is 0 Å². The predicted molar refractivity (Wildman–Crippen MR) is 97.1 cm³/mol. The van der Waals surface area contributed by atoms with E-state index in [0.717, 1.165) is 38.3 Å². The van der Waals surface area contributed by atoms with Crippen molar-refractivity contribution in [3.05, 3.63) is 29.6 Å². The fraction of sp³-hybridized carbons (Fsp3) is 0.684. The lowest BCUT2D eigenvalue weighted by atomic mass is 10.0. The highest BCUT2D eigenvalue weighted by atomic mass is 19.1. The Bertz CT molecular complexity index is 509. The minimum atomic E-state index is -0.293. The van der Waals surface area contributed by atoms with E-state index < -0.39 is 0 Å². The molecule has 0 bridgehead atoms. The predicted octanol–water partition coefficient (Wildman–Crippen LogP) is 2.68. The van der Waals surface area contributed by atoms with Gasteiger partial charge < -0.3 is 14.5 Å². The Balaban J connectivity index is 1.86. The van der Waals surface area contributed by atoms with Gasteiger partial charge in [0.05, 0.1) is 7.11 Å². The monoisotopic (exact) mass is 337 g/mol. The molecular formula is C19H32FN3O. The summed E-state index contributed by atoms with van der Waals surface area (Å²) in [7, 11) is 8.01. The zero-order valence-electron chi connectivity index (χ0n) is 15.6. The average Bonchev–Trinajstić information content (AvgIpc) is 2.56. The van der Waals surface area contributed by atoms with Gasteiger partial charge in [-0.05, 0) is 77.7 Å². The van der Waals surface area contributed by atoms with Gasteiger partial charge in [0, 0.05) is 19.1 Å². The quantitative estimate of drug-likeness (QED) is 0.726. The van der Waals surface area contributed by atoms with Gasteiger partial charge in [-0.1, -0.05) is 6.07 Å². The molecule has 0 radical (unpaired) electrons. The third kappa shape index (κ3) is 5.72. The molecule has 1 atom stereocenters. The number of likely N-dealkylation sites (N-methyl/N-ethyl adjacent to an activating group) is 1. The Labute approximate surface area is 146 Å². The summed E-state index contributed by atoms with van der Waals surface area (Å²) in [5, 5.41) is 0. The van der Waals surface area contributed by atoms with Gasteiger partial charge in [-0.2, -0.15) is 0 Å². The molecule has 1 aromatic carbocycles. The topological polar surface area (TPSA) is 19.0 Å². The third-order valence-corrected chi connectivity index (χ3v) is 4.84. The molecule has 1 aliphatic heterocycles. The summed E-state index contributed by atoms with van der Waals surface area (Å²) in [5.41, 5.74) is 1.11. The number of rotatable bonds is 8. The molecule has 4 nitrogen and oxygen atoms in total. The van der Waals surface area contributed by atoms with Crippen LogP contribution in [0.1, 0.15) is 24.8 Å². The molecule has 0 saturated carbocycles. The van der Waals surface area contributed by atoms with E-state index in [0.29, 0.717) is 11.8 Å². The van der Waals surface area contributed by atoms with E-state index in [9.17, 15) is 4.39 Å².